The van der Waals surface area contributed by atoms with Crippen molar-refractivity contribution in [2.24, 2.45) is 0 Å². The first-order valence-electron chi connectivity index (χ1n) is 18.6. The molecule has 5 aromatic rings. The molecule has 1 aliphatic rings. The number of para-hydroxylation sites is 1. The topological polar surface area (TPSA) is 249 Å². The van der Waals surface area contributed by atoms with Crippen LogP contribution in [0.4, 0.5) is 0 Å². The minimum Gasteiger partial charge on any atom is -0.496 e. The van der Waals surface area contributed by atoms with Gasteiger partial charge in [0.2, 0.25) is 29.5 Å². The molecule has 18 nitrogen and oxygen atoms in total. The van der Waals surface area contributed by atoms with Crippen molar-refractivity contribution < 1.29 is 38.3 Å². The number of fused-ring (bicyclic) bond motifs is 4. The molecule has 4 heterocycles. The average Bonchev–Trinajstić information content (AvgIpc) is 3.98. The van der Waals surface area contributed by atoms with Crippen molar-refractivity contribution in [3.63, 3.8) is 0 Å². The summed E-state index contributed by atoms with van der Waals surface area (Å²) in [4.78, 5) is 106. The lowest BCUT2D eigenvalue weighted by atomic mass is 10.0. The lowest BCUT2D eigenvalue weighted by Gasteiger charge is -2.23. The molecule has 19 heteroatoms. The molecule has 7 amide bonds. The molecule has 0 fully saturated rings. The highest BCUT2D eigenvalue weighted by Crippen LogP contribution is 2.29. The quantitative estimate of drug-likeness (QED) is 0.118. The summed E-state index contributed by atoms with van der Waals surface area (Å²) in [5.74, 6) is -4.41. The van der Waals surface area contributed by atoms with Gasteiger partial charge >= 0.3 is 0 Å². The highest BCUT2D eigenvalue weighted by Gasteiger charge is 2.31. The van der Waals surface area contributed by atoms with Gasteiger partial charge in [0.1, 0.15) is 34.6 Å². The number of ether oxygens (including phenoxy) is 1. The van der Waals surface area contributed by atoms with E-state index < -0.39 is 78.6 Å². The molecule has 1 unspecified atom stereocenters. The van der Waals surface area contributed by atoms with Gasteiger partial charge < -0.3 is 51.5 Å². The van der Waals surface area contributed by atoms with E-state index in [0.717, 1.165) is 32.7 Å². The van der Waals surface area contributed by atoms with Gasteiger partial charge in [-0.15, -0.1) is 11.3 Å². The predicted molar refractivity (Wildman–Crippen MR) is 218 cm³/mol. The Hall–Kier alpha value is -7.02. The smallest absolute Gasteiger partial charge is 0.271 e. The van der Waals surface area contributed by atoms with Gasteiger partial charge in [-0.05, 0) is 43.2 Å². The number of nitrogens with one attached hydrogen (secondary N) is 8. The first-order valence-corrected chi connectivity index (χ1v) is 19.5. The molecule has 6 rings (SSSR count). The Morgan fingerprint density at radius 1 is 0.797 bits per heavy atom. The van der Waals surface area contributed by atoms with Gasteiger partial charge in [0, 0.05) is 59.5 Å². The van der Waals surface area contributed by atoms with Gasteiger partial charge in [-0.2, -0.15) is 0 Å². The van der Waals surface area contributed by atoms with Crippen LogP contribution in [0.15, 0.2) is 72.5 Å². The van der Waals surface area contributed by atoms with E-state index in [4.69, 9.17) is 4.74 Å². The summed E-state index contributed by atoms with van der Waals surface area (Å²) in [6, 6.07) is 8.49. The van der Waals surface area contributed by atoms with E-state index in [1.807, 2.05) is 30.3 Å². The molecule has 3 aromatic heterocycles. The van der Waals surface area contributed by atoms with Crippen LogP contribution in [0.3, 0.4) is 0 Å². The van der Waals surface area contributed by atoms with Crippen LogP contribution in [-0.2, 0) is 41.6 Å². The molecule has 4 atom stereocenters. The van der Waals surface area contributed by atoms with Crippen molar-refractivity contribution in [1.29, 1.82) is 0 Å². The third-order valence-corrected chi connectivity index (χ3v) is 10.7. The molecular weight excluding hydrogens is 781 g/mol. The molecule has 1 aliphatic heterocycles. The van der Waals surface area contributed by atoms with Crippen LogP contribution in [0.1, 0.15) is 46.5 Å². The van der Waals surface area contributed by atoms with Crippen LogP contribution in [0.2, 0.25) is 0 Å². The minimum absolute atomic E-state index is 0.0152. The number of aromatic amines is 2. The van der Waals surface area contributed by atoms with Crippen LogP contribution in [-0.4, -0.2) is 107 Å². The van der Waals surface area contributed by atoms with Crippen molar-refractivity contribution in [3.05, 3.63) is 94.3 Å². The fraction of sp³-hybridized carbons (Fsp3) is 0.300. The maximum atomic E-state index is 14.4. The summed E-state index contributed by atoms with van der Waals surface area (Å²) in [5.41, 5.74) is 2.52. The van der Waals surface area contributed by atoms with E-state index in [0.29, 0.717) is 27.3 Å². The lowest BCUT2D eigenvalue weighted by Crippen LogP contribution is -2.56. The molecule has 2 bridgehead atoms. The van der Waals surface area contributed by atoms with Crippen LogP contribution < -0.4 is 36.6 Å². The normalized spacial score (nSPS) is 20.9. The van der Waals surface area contributed by atoms with Gasteiger partial charge in [-0.3, -0.25) is 33.6 Å². The summed E-state index contributed by atoms with van der Waals surface area (Å²) in [5, 5.41) is 19.1. The Kier molecular flexibility index (Phi) is 12.7. The van der Waals surface area contributed by atoms with E-state index in [-0.39, 0.29) is 24.2 Å². The fourth-order valence-electron chi connectivity index (χ4n) is 6.63. The molecule has 0 spiro atoms. The first kappa shape index (κ1) is 41.6. The standard InChI is InChI=1S/C40H44N10O8S/c1-20-35(53)46-22(3)40(57)50(4)18-33(52)45-21(2)39-49-30(19-59-39)38(56)48-29(13-23-15-41-26-10-7-6-9-25(23)26)37(55)47-28(36(54)43-17-32(51)44-20)14-24-16-42-27-11-8-12-31(58-5)34(24)27/h6-12,15-16,19-21,28-29,41-42H,3,13-14,17-18H2,1-2,4-5H3,(H,43,54)(H,44,51)(H,45,52)(H,46,53)(H,47,55)(H,48,56)/t20?,21-,28+,29+/m1/s1. The molecular formula is C40H44N10O8S. The average molecular weight is 825 g/mol. The van der Waals surface area contributed by atoms with Gasteiger partial charge in [0.05, 0.1) is 31.9 Å². The van der Waals surface area contributed by atoms with Gasteiger partial charge in [-0.25, -0.2) is 4.98 Å². The second kappa shape index (κ2) is 18.1. The number of nitrogens with zero attached hydrogens (tertiary/aromatic N) is 2. The zero-order valence-corrected chi connectivity index (χ0v) is 33.5. The monoisotopic (exact) mass is 824 g/mol. The van der Waals surface area contributed by atoms with Crippen LogP contribution in [0.5, 0.6) is 5.75 Å². The number of likely N-dealkylation sites (N-methyl/N-ethyl adjacent to an activating group) is 1. The number of H-pyrrole nitrogens is 2. The highest BCUT2D eigenvalue weighted by molar-refractivity contribution is 7.09. The summed E-state index contributed by atoms with van der Waals surface area (Å²) >= 11 is 1.11. The highest BCUT2D eigenvalue weighted by atomic mass is 32.1. The molecule has 0 saturated carbocycles. The number of carbonyl (C=O) groups excluding carboxylic acids is 7. The fourth-order valence-corrected chi connectivity index (χ4v) is 7.44. The van der Waals surface area contributed by atoms with E-state index in [1.165, 1.54) is 26.5 Å². The van der Waals surface area contributed by atoms with Crippen molar-refractivity contribution in [3.8, 4) is 5.75 Å². The van der Waals surface area contributed by atoms with Crippen LogP contribution >= 0.6 is 11.3 Å². The number of benzene rings is 2. The number of methoxy groups -OCH3 is 1. The van der Waals surface area contributed by atoms with E-state index in [2.05, 4.69) is 53.4 Å². The number of hydrogen-bond donors (Lipinski definition) is 8. The number of amides is 7. The molecule has 59 heavy (non-hydrogen) atoms. The number of carbonyl (C=O) groups is 7. The number of thiazole rings is 1. The third-order valence-electron chi connectivity index (χ3n) is 9.70. The van der Waals surface area contributed by atoms with Crippen LogP contribution in [0.25, 0.3) is 21.8 Å². The van der Waals surface area contributed by atoms with Gasteiger partial charge in [0.25, 0.3) is 11.8 Å². The Balaban J connectivity index is 1.34. The van der Waals surface area contributed by atoms with Crippen molar-refractivity contribution in [2.75, 3.05) is 27.2 Å². The largest absolute Gasteiger partial charge is 0.496 e. The number of rotatable bonds is 5. The van der Waals surface area contributed by atoms with Gasteiger partial charge in [0.15, 0.2) is 0 Å². The lowest BCUT2D eigenvalue weighted by molar-refractivity contribution is -0.133. The van der Waals surface area contributed by atoms with E-state index in [9.17, 15) is 33.6 Å². The number of aromatic nitrogens is 3. The van der Waals surface area contributed by atoms with Crippen molar-refractivity contribution in [1.82, 2.24) is 51.8 Å². The molecule has 308 valence electrons. The van der Waals surface area contributed by atoms with E-state index in [1.54, 1.807) is 31.5 Å². The SMILES string of the molecule is C=C1NC(=O)C(C)NC(=O)CNC(=O)[C@H](Cc2c[nH]c3cccc(OC)c23)NC(=O)[C@H](Cc2c[nH]c3ccccc23)NC(=O)c2csc(n2)[C@@H](C)NC(=O)CN(C)C1=O. The summed E-state index contributed by atoms with van der Waals surface area (Å²) in [6.45, 7) is 5.64. The maximum absolute atomic E-state index is 14.4. The van der Waals surface area contributed by atoms with E-state index >= 15 is 0 Å². The predicted octanol–water partition coefficient (Wildman–Crippen LogP) is 1.08. The molecule has 0 radical (unpaired) electrons. The maximum Gasteiger partial charge on any atom is 0.271 e. The summed E-state index contributed by atoms with van der Waals surface area (Å²) in [6.07, 6.45) is 3.39. The second-order valence-corrected chi connectivity index (χ2v) is 14.9. The summed E-state index contributed by atoms with van der Waals surface area (Å²) < 4.78 is 5.59. The minimum atomic E-state index is -1.28. The van der Waals surface area contributed by atoms with Crippen LogP contribution in [0, 0.1) is 0 Å². The molecule has 8 N–H and O–H groups in total. The molecule has 0 saturated heterocycles. The third kappa shape index (κ3) is 9.75. The zero-order chi connectivity index (χ0) is 42.4. The second-order valence-electron chi connectivity index (χ2n) is 14.0. The van der Waals surface area contributed by atoms with Crippen molar-refractivity contribution in [2.45, 2.75) is 50.9 Å². The molecule has 0 aliphatic carbocycles. The molecule has 2 aromatic carbocycles. The Labute approximate surface area is 341 Å². The zero-order valence-electron chi connectivity index (χ0n) is 32.7. The summed E-state index contributed by atoms with van der Waals surface area (Å²) in [7, 11) is 2.86. The van der Waals surface area contributed by atoms with Gasteiger partial charge in [-0.1, -0.05) is 30.8 Å². The Morgan fingerprint density at radius 3 is 2.25 bits per heavy atom. The van der Waals surface area contributed by atoms with Crippen molar-refractivity contribution >= 4 is 74.5 Å². The first-order chi connectivity index (χ1) is 28.2. The Morgan fingerprint density at radius 2 is 1.47 bits per heavy atom. The Bertz CT molecular complexity index is 2450. The number of hydrogen-bond acceptors (Lipinski definition) is 10.